The third kappa shape index (κ3) is 2.07. The smallest absolute Gasteiger partial charge is 0.252 e. The van der Waals surface area contributed by atoms with Crippen molar-refractivity contribution in [2.24, 2.45) is 10.9 Å². The number of likely N-dealkylation sites (N-methyl/N-ethyl adjacent to an activating group) is 1. The molecule has 0 radical (unpaired) electrons. The molecule has 124 valence electrons. The fourth-order valence-electron chi connectivity index (χ4n) is 3.76. The number of nitrogens with zero attached hydrogens (tertiary/aromatic N) is 3. The average molecular weight is 392 g/mol. The minimum Gasteiger partial charge on any atom is -0.340 e. The van der Waals surface area contributed by atoms with Gasteiger partial charge < -0.3 is 9.80 Å². The van der Waals surface area contributed by atoms with Crippen LogP contribution in [0.3, 0.4) is 0 Å². The Kier molecular flexibility index (Phi) is 3.38. The number of rotatable bonds is 1. The van der Waals surface area contributed by atoms with Crippen molar-refractivity contribution in [1.82, 2.24) is 9.80 Å². The first-order chi connectivity index (χ1) is 11.4. The molecule has 0 bridgehead atoms. The molecule has 1 fully saturated rings. The molecule has 0 aromatic heterocycles. The van der Waals surface area contributed by atoms with Crippen LogP contribution < -0.4 is 0 Å². The lowest BCUT2D eigenvalue weighted by molar-refractivity contribution is -0.129. The topological polar surface area (TPSA) is 53.0 Å². The summed E-state index contributed by atoms with van der Waals surface area (Å²) in [4.78, 5) is 33.1. The number of hydrogen-bond acceptors (Lipinski definition) is 3. The van der Waals surface area contributed by atoms with E-state index >= 15 is 0 Å². The zero-order valence-corrected chi connectivity index (χ0v) is 14.8. The van der Waals surface area contributed by atoms with E-state index in [-0.39, 0.29) is 17.6 Å². The van der Waals surface area contributed by atoms with Crippen LogP contribution in [0.4, 0.5) is 4.39 Å². The molecular formula is C17H15BrFN3O2. The Balaban J connectivity index is 1.90. The number of amides is 2. The Hall–Kier alpha value is -2.02. The number of benzene rings is 1. The summed E-state index contributed by atoms with van der Waals surface area (Å²) in [5.74, 6) is -1.43. The van der Waals surface area contributed by atoms with Crippen LogP contribution in [0.5, 0.6) is 0 Å². The van der Waals surface area contributed by atoms with Gasteiger partial charge in [-0.2, -0.15) is 0 Å². The number of halogens is 2. The van der Waals surface area contributed by atoms with Crippen molar-refractivity contribution in [3.8, 4) is 0 Å². The Morgan fingerprint density at radius 2 is 1.92 bits per heavy atom. The van der Waals surface area contributed by atoms with Crippen molar-refractivity contribution >= 4 is 33.5 Å². The Labute approximate surface area is 147 Å². The van der Waals surface area contributed by atoms with E-state index in [1.54, 1.807) is 36.0 Å². The second-order valence-corrected chi connectivity index (χ2v) is 7.30. The van der Waals surface area contributed by atoms with Crippen molar-refractivity contribution in [2.75, 3.05) is 27.2 Å². The molecule has 7 heteroatoms. The molecule has 2 unspecified atom stereocenters. The fraction of sp³-hybridized carbons (Fsp3) is 0.353. The van der Waals surface area contributed by atoms with Gasteiger partial charge in [0.05, 0.1) is 34.9 Å². The van der Waals surface area contributed by atoms with Crippen LogP contribution in [0.1, 0.15) is 11.5 Å². The first kappa shape index (κ1) is 15.5. The van der Waals surface area contributed by atoms with E-state index in [1.807, 2.05) is 0 Å². The largest absolute Gasteiger partial charge is 0.340 e. The van der Waals surface area contributed by atoms with Gasteiger partial charge in [0.25, 0.3) is 5.91 Å². The molecule has 1 aromatic rings. The molecule has 0 spiro atoms. The van der Waals surface area contributed by atoms with E-state index < -0.39 is 11.8 Å². The third-order valence-corrected chi connectivity index (χ3v) is 5.51. The van der Waals surface area contributed by atoms with Gasteiger partial charge in [0, 0.05) is 25.6 Å². The first-order valence-electron chi connectivity index (χ1n) is 7.64. The molecule has 5 nitrogen and oxygen atoms in total. The molecule has 2 atom stereocenters. The Morgan fingerprint density at radius 1 is 1.17 bits per heavy atom. The quantitative estimate of drug-likeness (QED) is 0.734. The fourth-order valence-corrected chi connectivity index (χ4v) is 4.16. The van der Waals surface area contributed by atoms with E-state index in [4.69, 9.17) is 0 Å². The summed E-state index contributed by atoms with van der Waals surface area (Å²) in [5, 5.41) is 0. The molecular weight excluding hydrogens is 377 g/mol. The van der Waals surface area contributed by atoms with Crippen LogP contribution >= 0.6 is 15.9 Å². The van der Waals surface area contributed by atoms with E-state index in [0.29, 0.717) is 23.1 Å². The van der Waals surface area contributed by atoms with Gasteiger partial charge in [0.15, 0.2) is 0 Å². The van der Waals surface area contributed by atoms with Gasteiger partial charge in [-0.1, -0.05) is 6.07 Å². The van der Waals surface area contributed by atoms with Crippen LogP contribution in [-0.4, -0.2) is 54.5 Å². The van der Waals surface area contributed by atoms with E-state index in [2.05, 4.69) is 20.9 Å². The van der Waals surface area contributed by atoms with Crippen LogP contribution in [0.15, 0.2) is 38.9 Å². The summed E-state index contributed by atoms with van der Waals surface area (Å²) in [5.41, 5.74) is 2.82. The predicted octanol–water partition coefficient (Wildman–Crippen LogP) is 1.94. The maximum Gasteiger partial charge on any atom is 0.252 e. The molecule has 3 aliphatic heterocycles. The monoisotopic (exact) mass is 391 g/mol. The molecule has 1 aromatic carbocycles. The van der Waals surface area contributed by atoms with Gasteiger partial charge in [-0.3, -0.25) is 14.6 Å². The molecule has 1 saturated heterocycles. The number of fused-ring (bicyclic) bond motifs is 1. The highest BCUT2D eigenvalue weighted by Crippen LogP contribution is 2.45. The summed E-state index contributed by atoms with van der Waals surface area (Å²) < 4.78 is 14.0. The van der Waals surface area contributed by atoms with Gasteiger partial charge in [-0.25, -0.2) is 4.39 Å². The van der Waals surface area contributed by atoms with Crippen molar-refractivity contribution < 1.29 is 14.0 Å². The highest BCUT2D eigenvalue weighted by atomic mass is 79.9. The lowest BCUT2D eigenvalue weighted by atomic mass is 9.76. The molecule has 24 heavy (non-hydrogen) atoms. The Morgan fingerprint density at radius 3 is 2.62 bits per heavy atom. The van der Waals surface area contributed by atoms with Gasteiger partial charge in [-0.05, 0) is 33.6 Å². The molecule has 0 N–H and O–H groups in total. The molecule has 4 rings (SSSR count). The summed E-state index contributed by atoms with van der Waals surface area (Å²) in [6.07, 6.45) is 0. The standard InChI is InChI=1S/C17H15BrFN3O2/c1-21-6-11-14(16(21)23)13(8-3-4-10(19)9(18)5-8)15-12(20-11)7-22(2)17(15)24/h3-5,13-14H,6-7H2,1-2H3. The van der Waals surface area contributed by atoms with Crippen molar-refractivity contribution in [3.05, 3.63) is 45.3 Å². The van der Waals surface area contributed by atoms with Crippen LogP contribution in [0.25, 0.3) is 0 Å². The van der Waals surface area contributed by atoms with E-state index in [1.165, 1.54) is 6.07 Å². The van der Waals surface area contributed by atoms with Crippen molar-refractivity contribution in [2.45, 2.75) is 5.92 Å². The van der Waals surface area contributed by atoms with Gasteiger partial charge in [0.2, 0.25) is 5.91 Å². The lowest BCUT2D eigenvalue weighted by Gasteiger charge is -2.27. The second kappa shape index (κ2) is 5.24. The number of likely N-dealkylation sites (tertiary alicyclic amines) is 1. The molecule has 3 aliphatic rings. The summed E-state index contributed by atoms with van der Waals surface area (Å²) in [7, 11) is 3.46. The van der Waals surface area contributed by atoms with Crippen LogP contribution in [0, 0.1) is 11.7 Å². The zero-order valence-electron chi connectivity index (χ0n) is 13.2. The van der Waals surface area contributed by atoms with Crippen molar-refractivity contribution in [3.63, 3.8) is 0 Å². The van der Waals surface area contributed by atoms with Crippen LogP contribution in [-0.2, 0) is 9.59 Å². The molecule has 0 saturated carbocycles. The maximum absolute atomic E-state index is 13.6. The van der Waals surface area contributed by atoms with Crippen molar-refractivity contribution in [1.29, 1.82) is 0 Å². The van der Waals surface area contributed by atoms with Crippen LogP contribution in [0.2, 0.25) is 0 Å². The second-order valence-electron chi connectivity index (χ2n) is 6.45. The predicted molar refractivity (Wildman–Crippen MR) is 90.1 cm³/mol. The minimum absolute atomic E-state index is 0.0481. The third-order valence-electron chi connectivity index (χ3n) is 4.90. The number of hydrogen-bond donors (Lipinski definition) is 0. The summed E-state index contributed by atoms with van der Waals surface area (Å²) in [6, 6.07) is 4.66. The molecule has 3 heterocycles. The van der Waals surface area contributed by atoms with Gasteiger partial charge in [-0.15, -0.1) is 0 Å². The summed E-state index contributed by atoms with van der Waals surface area (Å²) in [6.45, 7) is 0.915. The average Bonchev–Trinajstić information content (AvgIpc) is 2.98. The highest BCUT2D eigenvalue weighted by Gasteiger charge is 2.50. The highest BCUT2D eigenvalue weighted by molar-refractivity contribution is 9.10. The SMILES string of the molecule is CN1CC2=C(C1=O)C(c1ccc(F)c(Br)c1)C1C(=O)N(C)CC1=N2. The number of aliphatic imine (C=N–C) groups is 1. The van der Waals surface area contributed by atoms with Gasteiger partial charge >= 0.3 is 0 Å². The Bertz CT molecular complexity index is 848. The molecule has 2 amide bonds. The minimum atomic E-state index is -0.485. The van der Waals surface area contributed by atoms with Gasteiger partial charge in [0.1, 0.15) is 5.82 Å². The number of carbonyl (C=O) groups is 2. The normalized spacial score (nSPS) is 26.1. The zero-order chi connectivity index (χ0) is 17.2. The molecule has 0 aliphatic carbocycles. The maximum atomic E-state index is 13.6. The van der Waals surface area contributed by atoms with E-state index in [0.717, 1.165) is 17.0 Å². The summed E-state index contributed by atoms with van der Waals surface area (Å²) >= 11 is 3.20. The first-order valence-corrected chi connectivity index (χ1v) is 8.43. The van der Waals surface area contributed by atoms with E-state index in [9.17, 15) is 14.0 Å². The lowest BCUT2D eigenvalue weighted by Crippen LogP contribution is -2.33. The number of carbonyl (C=O) groups excluding carboxylic acids is 2.